The number of hydrogen-bond acceptors (Lipinski definition) is 14. The highest BCUT2D eigenvalue weighted by Gasteiger charge is 2.45. The molecule has 0 bridgehead atoms. The van der Waals surface area contributed by atoms with Gasteiger partial charge in [0.1, 0.15) is 35.4 Å². The van der Waals surface area contributed by atoms with Crippen LogP contribution in [0.2, 0.25) is 0 Å². The minimum atomic E-state index is -1.34. The lowest BCUT2D eigenvalue weighted by molar-refractivity contribution is -0.139. The molecule has 18 nitrogen and oxygen atoms in total. The summed E-state index contributed by atoms with van der Waals surface area (Å²) < 4.78 is 13.9. The number of nitrogens with zero attached hydrogens (tertiary/aromatic N) is 7. The van der Waals surface area contributed by atoms with E-state index in [9.17, 15) is 24.3 Å². The number of carbonyl (C=O) groups is 4. The first-order valence-corrected chi connectivity index (χ1v) is 22.1. The first-order chi connectivity index (χ1) is 31.2. The van der Waals surface area contributed by atoms with Gasteiger partial charge in [-0.1, -0.05) is 30.3 Å². The van der Waals surface area contributed by atoms with Crippen molar-refractivity contribution in [3.8, 4) is 22.8 Å². The van der Waals surface area contributed by atoms with Crippen LogP contribution in [0.3, 0.4) is 0 Å². The molecule has 9 rings (SSSR count). The molecule has 64 heavy (non-hydrogen) atoms. The molecule has 5 aromatic rings. The average molecular weight is 872 g/mol. The molecule has 5 heterocycles. The zero-order valence-corrected chi connectivity index (χ0v) is 35.5. The molecule has 0 spiro atoms. The normalized spacial score (nSPS) is 21.8. The molecule has 334 valence electrons. The summed E-state index contributed by atoms with van der Waals surface area (Å²) in [6.45, 7) is 5.92. The quantitative estimate of drug-likeness (QED) is 0.0752. The fraction of sp³-hybridized carbons (Fsp3) is 0.413. The van der Waals surface area contributed by atoms with E-state index in [2.05, 4.69) is 40.4 Å². The number of imide groups is 1. The number of aromatic nitrogens is 4. The molecule has 4 amide bonds. The van der Waals surface area contributed by atoms with Gasteiger partial charge in [-0.05, 0) is 74.6 Å². The van der Waals surface area contributed by atoms with E-state index in [4.69, 9.17) is 20.3 Å². The maximum atomic E-state index is 13.4. The summed E-state index contributed by atoms with van der Waals surface area (Å²) in [5, 5.41) is 24.9. The van der Waals surface area contributed by atoms with Crippen LogP contribution in [0, 0.1) is 0 Å². The van der Waals surface area contributed by atoms with E-state index < -0.39 is 30.0 Å². The fourth-order valence-corrected chi connectivity index (χ4v) is 9.39. The number of ether oxygens (including phenoxy) is 2. The maximum absolute atomic E-state index is 13.4. The predicted molar refractivity (Wildman–Crippen MR) is 237 cm³/mol. The minimum absolute atomic E-state index is 0.0749. The second-order valence-electron chi connectivity index (χ2n) is 16.7. The van der Waals surface area contributed by atoms with Crippen LogP contribution in [-0.4, -0.2) is 134 Å². The second-order valence-corrected chi connectivity index (χ2v) is 16.7. The lowest BCUT2D eigenvalue weighted by Crippen LogP contribution is -2.53. The minimum Gasteiger partial charge on any atom is -0.457 e. The number of aliphatic hydroxyl groups is 1. The van der Waals surface area contributed by atoms with E-state index in [1.807, 2.05) is 54.6 Å². The number of amides is 4. The highest BCUT2D eigenvalue weighted by atomic mass is 16.5. The highest BCUT2D eigenvalue weighted by Crippen LogP contribution is 2.40. The zero-order chi connectivity index (χ0) is 44.2. The van der Waals surface area contributed by atoms with Gasteiger partial charge in [-0.2, -0.15) is 5.10 Å². The van der Waals surface area contributed by atoms with Crippen LogP contribution in [0.1, 0.15) is 66.7 Å². The largest absolute Gasteiger partial charge is 0.457 e. The number of nitrogen functional groups attached to an aromatic ring is 1. The summed E-state index contributed by atoms with van der Waals surface area (Å²) in [5.74, 6) is 0.0907. The number of benzene rings is 3. The summed E-state index contributed by atoms with van der Waals surface area (Å²) in [4.78, 5) is 65.2. The Kier molecular flexibility index (Phi) is 12.8. The lowest BCUT2D eigenvalue weighted by atomic mass is 9.90. The summed E-state index contributed by atoms with van der Waals surface area (Å²) >= 11 is 0. The van der Waals surface area contributed by atoms with Crippen molar-refractivity contribution < 1.29 is 33.8 Å². The smallest absolute Gasteiger partial charge is 0.259 e. The topological polar surface area (TPSA) is 222 Å². The molecule has 4 aliphatic rings. The van der Waals surface area contributed by atoms with Crippen LogP contribution in [-0.2, 0) is 19.1 Å². The van der Waals surface area contributed by atoms with Gasteiger partial charge in [0.2, 0.25) is 17.7 Å². The third-order valence-electron chi connectivity index (χ3n) is 12.8. The molecule has 18 heteroatoms. The summed E-state index contributed by atoms with van der Waals surface area (Å²) in [5.41, 5.74) is 9.83. The van der Waals surface area contributed by atoms with Crippen molar-refractivity contribution in [2.45, 2.75) is 62.9 Å². The van der Waals surface area contributed by atoms with Gasteiger partial charge < -0.3 is 30.9 Å². The molecule has 3 fully saturated rings. The van der Waals surface area contributed by atoms with Crippen LogP contribution in [0.5, 0.6) is 11.5 Å². The number of piperazine rings is 1. The van der Waals surface area contributed by atoms with Crippen molar-refractivity contribution in [1.82, 2.24) is 45.1 Å². The maximum Gasteiger partial charge on any atom is 0.259 e. The zero-order valence-electron chi connectivity index (χ0n) is 35.5. The lowest BCUT2D eigenvalue weighted by Gasteiger charge is -2.42. The van der Waals surface area contributed by atoms with Crippen molar-refractivity contribution in [2.75, 3.05) is 70.1 Å². The Morgan fingerprint density at radius 1 is 0.859 bits per heavy atom. The van der Waals surface area contributed by atoms with Crippen molar-refractivity contribution >= 4 is 46.2 Å². The number of nitrogens with one attached hydrogen (secondary N) is 3. The molecular formula is C46H53N11O7. The third-order valence-corrected chi connectivity index (χ3v) is 12.8. The van der Waals surface area contributed by atoms with E-state index in [1.54, 1.807) is 18.2 Å². The van der Waals surface area contributed by atoms with Gasteiger partial charge in [0.15, 0.2) is 11.9 Å². The second kappa shape index (κ2) is 19.1. The van der Waals surface area contributed by atoms with Crippen LogP contribution in [0.15, 0.2) is 79.1 Å². The Morgan fingerprint density at radius 3 is 2.38 bits per heavy atom. The van der Waals surface area contributed by atoms with Gasteiger partial charge in [-0.15, -0.1) is 0 Å². The Labute approximate surface area is 370 Å². The Balaban J connectivity index is 0.679. The van der Waals surface area contributed by atoms with E-state index in [-0.39, 0.29) is 36.9 Å². The first kappa shape index (κ1) is 42.8. The molecule has 6 N–H and O–H groups in total. The Morgan fingerprint density at radius 2 is 1.61 bits per heavy atom. The van der Waals surface area contributed by atoms with E-state index >= 15 is 0 Å². The van der Waals surface area contributed by atoms with Crippen molar-refractivity contribution in [3.05, 3.63) is 90.3 Å². The van der Waals surface area contributed by atoms with E-state index in [0.29, 0.717) is 42.9 Å². The molecule has 2 atom stereocenters. The number of aliphatic hydroxyl groups excluding tert-OH is 1. The van der Waals surface area contributed by atoms with Gasteiger partial charge in [-0.3, -0.25) is 39.2 Å². The Bertz CT molecular complexity index is 2490. The molecule has 3 aromatic carbocycles. The molecule has 1 saturated carbocycles. The van der Waals surface area contributed by atoms with Gasteiger partial charge in [-0.25, -0.2) is 14.6 Å². The standard InChI is InChI=1S/C46H53N11O7/c47-42-40-41(29-9-15-33(16-10-29)64-32-5-2-1-3-6-32)53-57(43(40)51-28-50-42)31-13-11-30(12-14-31)55-22-20-54(21-23-55)24-26-63-25-19-48-38(59)27-49-35-8-4-7-34-39(35)46(62)56(45(34)61)36-17-18-37(58)52-44(36)60/h1-10,15-16,28,30-31,36,45,49,61H,11-14,17-27H2,(H,48,59)(H2,47,50,51)(H,52,58,60)/t30-,31-,36?,45?. The van der Waals surface area contributed by atoms with Gasteiger partial charge in [0.25, 0.3) is 5.91 Å². The number of hydrogen-bond donors (Lipinski definition) is 5. The molecule has 2 aromatic heterocycles. The van der Waals surface area contributed by atoms with Crippen LogP contribution >= 0.6 is 0 Å². The fourth-order valence-electron chi connectivity index (χ4n) is 9.39. The number of nitrogens with two attached hydrogens (primary N) is 1. The number of rotatable bonds is 15. The van der Waals surface area contributed by atoms with Crippen LogP contribution in [0.4, 0.5) is 11.5 Å². The summed E-state index contributed by atoms with van der Waals surface area (Å²) in [6, 6.07) is 22.3. The molecule has 2 unspecified atom stereocenters. The average Bonchev–Trinajstić information content (AvgIpc) is 3.83. The number of para-hydroxylation sites is 1. The van der Waals surface area contributed by atoms with E-state index in [0.717, 1.165) is 97.1 Å². The van der Waals surface area contributed by atoms with Crippen LogP contribution in [0.25, 0.3) is 22.3 Å². The number of fused-ring (bicyclic) bond motifs is 2. The molecular weight excluding hydrogens is 819 g/mol. The first-order valence-electron chi connectivity index (χ1n) is 22.1. The highest BCUT2D eigenvalue weighted by molar-refractivity contribution is 6.08. The van der Waals surface area contributed by atoms with Crippen LogP contribution < -0.4 is 26.4 Å². The SMILES string of the molecule is Nc1ncnc2c1c(-c1ccc(Oc3ccccc3)cc1)nn2[C@H]1CC[C@H](N2CCN(CCOCCNC(=O)CNc3cccc4c3C(=O)N(C3CCC(=O)NC3=O)C4O)CC2)CC1. The van der Waals surface area contributed by atoms with Crippen molar-refractivity contribution in [1.29, 1.82) is 0 Å². The molecule has 2 saturated heterocycles. The van der Waals surface area contributed by atoms with Crippen molar-refractivity contribution in [3.63, 3.8) is 0 Å². The third kappa shape index (κ3) is 9.12. The monoisotopic (exact) mass is 871 g/mol. The predicted octanol–water partition coefficient (Wildman–Crippen LogP) is 3.47. The number of carbonyl (C=O) groups excluding carboxylic acids is 4. The number of piperidine rings is 1. The van der Waals surface area contributed by atoms with Gasteiger partial charge in [0.05, 0.1) is 36.8 Å². The van der Waals surface area contributed by atoms with E-state index in [1.165, 1.54) is 6.33 Å². The molecule has 1 aliphatic carbocycles. The summed E-state index contributed by atoms with van der Waals surface area (Å²) in [7, 11) is 0. The Hall–Kier alpha value is -6.47. The summed E-state index contributed by atoms with van der Waals surface area (Å²) in [6.07, 6.45) is 4.54. The van der Waals surface area contributed by atoms with Gasteiger partial charge >= 0.3 is 0 Å². The number of anilines is 2. The van der Waals surface area contributed by atoms with Gasteiger partial charge in [0, 0.05) is 68.5 Å². The molecule has 3 aliphatic heterocycles. The van der Waals surface area contributed by atoms with Crippen molar-refractivity contribution in [2.24, 2.45) is 0 Å². The molecule has 0 radical (unpaired) electrons.